The van der Waals surface area contributed by atoms with Gasteiger partial charge in [0, 0.05) is 35.4 Å². The fraction of sp³-hybridized carbons (Fsp3) is 0.458. The number of amidine groups is 1. The van der Waals surface area contributed by atoms with Gasteiger partial charge in [0.2, 0.25) is 0 Å². The topological polar surface area (TPSA) is 98.0 Å². The third kappa shape index (κ3) is 6.16. The summed E-state index contributed by atoms with van der Waals surface area (Å²) in [6.07, 6.45) is -1.52. The molecule has 38 heavy (non-hydrogen) atoms. The Bertz CT molecular complexity index is 1230. The van der Waals surface area contributed by atoms with Crippen molar-refractivity contribution >= 4 is 34.7 Å². The Balaban J connectivity index is 1.69. The second kappa shape index (κ2) is 11.6. The van der Waals surface area contributed by atoms with Gasteiger partial charge in [-0.25, -0.2) is 18.6 Å². The van der Waals surface area contributed by atoms with E-state index in [-0.39, 0.29) is 29.2 Å². The largest absolute Gasteiger partial charge is 0.478 e. The number of thiazole rings is 1. The molecule has 1 unspecified atom stereocenters. The Hall–Kier alpha value is -2.61. The first-order valence-electron chi connectivity index (χ1n) is 11.8. The summed E-state index contributed by atoms with van der Waals surface area (Å²) in [6, 6.07) is 0.305. The summed E-state index contributed by atoms with van der Waals surface area (Å²) in [6.45, 7) is -1.70. The average Bonchev–Trinajstić information content (AvgIpc) is 3.41. The van der Waals surface area contributed by atoms with Crippen LogP contribution >= 0.6 is 22.9 Å². The number of carboxylic acids is 1. The number of benzene rings is 1. The Morgan fingerprint density at radius 2 is 1.92 bits per heavy atom. The van der Waals surface area contributed by atoms with E-state index in [0.29, 0.717) is 30.7 Å². The Morgan fingerprint density at radius 1 is 1.21 bits per heavy atom. The predicted octanol–water partition coefficient (Wildman–Crippen LogP) is 4.92. The van der Waals surface area contributed by atoms with Crippen LogP contribution in [0.4, 0.5) is 22.0 Å². The molecule has 3 N–H and O–H groups in total. The molecule has 1 aliphatic carbocycles. The van der Waals surface area contributed by atoms with Crippen LogP contribution in [-0.4, -0.2) is 63.8 Å². The van der Waals surface area contributed by atoms with Crippen LogP contribution in [0.5, 0.6) is 0 Å². The van der Waals surface area contributed by atoms with Crippen molar-refractivity contribution in [1.82, 2.24) is 15.2 Å². The standard InChI is InChI=1S/C24H24ClF5N4O3S/c25-17-14(5-6-15(26)18(17)27)20-16(23(36)37)19(32-21(33-20)22-31-7-10-38-22)12-1-3-13(4-2-12)34(8-9-35)11-24(28,29)30/h5-7,10,12-13,20,35H,1-4,8-9,11H2,(H,32,33)(H,36,37). The number of rotatable bonds is 8. The number of nitrogens with zero attached hydrogens (tertiary/aromatic N) is 3. The second-order valence-electron chi connectivity index (χ2n) is 9.05. The van der Waals surface area contributed by atoms with Crippen molar-refractivity contribution in [3.63, 3.8) is 0 Å². The average molecular weight is 579 g/mol. The predicted molar refractivity (Wildman–Crippen MR) is 131 cm³/mol. The molecule has 2 heterocycles. The van der Waals surface area contributed by atoms with Gasteiger partial charge in [0.25, 0.3) is 0 Å². The van der Waals surface area contributed by atoms with Crippen molar-refractivity contribution in [3.05, 3.63) is 62.2 Å². The molecular formula is C24H24ClF5N4O3S. The van der Waals surface area contributed by atoms with Crippen molar-refractivity contribution in [2.24, 2.45) is 10.9 Å². The quantitative estimate of drug-likeness (QED) is 0.304. The molecule has 1 fully saturated rings. The van der Waals surface area contributed by atoms with Gasteiger partial charge in [0.15, 0.2) is 22.5 Å². The van der Waals surface area contributed by atoms with Crippen molar-refractivity contribution < 1.29 is 37.0 Å². The number of alkyl halides is 3. The maximum Gasteiger partial charge on any atom is 0.401 e. The number of aliphatic hydroxyl groups excluding tert-OH is 1. The molecule has 1 aromatic heterocycles. The van der Waals surface area contributed by atoms with Crippen LogP contribution in [0.25, 0.3) is 0 Å². The van der Waals surface area contributed by atoms with Crippen LogP contribution in [0.1, 0.15) is 42.3 Å². The number of allylic oxidation sites excluding steroid dienone is 1. The Kier molecular flexibility index (Phi) is 8.70. The fourth-order valence-electron chi connectivity index (χ4n) is 5.03. The first-order valence-corrected chi connectivity index (χ1v) is 13.0. The number of aromatic nitrogens is 1. The second-order valence-corrected chi connectivity index (χ2v) is 10.3. The molecular weight excluding hydrogens is 555 g/mol. The van der Waals surface area contributed by atoms with Crippen LogP contribution in [0.3, 0.4) is 0 Å². The normalized spacial score (nSPS) is 22.4. The summed E-state index contributed by atoms with van der Waals surface area (Å²) in [5.41, 5.74) is 0.0413. The van der Waals surface area contributed by atoms with Crippen LogP contribution < -0.4 is 5.32 Å². The first-order chi connectivity index (χ1) is 18.0. The number of hydrogen-bond donors (Lipinski definition) is 3. The molecule has 206 valence electrons. The van der Waals surface area contributed by atoms with Gasteiger partial charge in [0.05, 0.1) is 23.7 Å². The van der Waals surface area contributed by atoms with E-state index in [0.717, 1.165) is 6.07 Å². The summed E-state index contributed by atoms with van der Waals surface area (Å²) in [5.74, 6) is -4.03. The number of aliphatic hydroxyl groups is 1. The third-order valence-corrected chi connectivity index (χ3v) is 7.85. The number of carbonyl (C=O) groups is 1. The number of nitrogens with one attached hydrogen (secondary N) is 1. The van der Waals surface area contributed by atoms with Gasteiger partial charge in [0.1, 0.15) is 6.04 Å². The third-order valence-electron chi connectivity index (χ3n) is 6.69. The van der Waals surface area contributed by atoms with E-state index in [4.69, 9.17) is 11.6 Å². The molecule has 0 radical (unpaired) electrons. The molecule has 14 heteroatoms. The molecule has 2 aromatic rings. The van der Waals surface area contributed by atoms with Crippen molar-refractivity contribution in [3.8, 4) is 0 Å². The van der Waals surface area contributed by atoms with Crippen molar-refractivity contribution in [2.75, 3.05) is 19.7 Å². The number of hydrogen-bond acceptors (Lipinski definition) is 7. The highest BCUT2D eigenvalue weighted by Gasteiger charge is 2.40. The summed E-state index contributed by atoms with van der Waals surface area (Å²) >= 11 is 7.32. The van der Waals surface area contributed by atoms with Crippen molar-refractivity contribution in [2.45, 2.75) is 43.9 Å². The van der Waals surface area contributed by atoms with Crippen LogP contribution in [-0.2, 0) is 4.79 Å². The zero-order chi connectivity index (χ0) is 27.6. The smallest absolute Gasteiger partial charge is 0.401 e. The molecule has 1 aromatic carbocycles. The van der Waals surface area contributed by atoms with Gasteiger partial charge in [-0.05, 0) is 37.7 Å². The molecule has 1 aliphatic heterocycles. The fourth-order valence-corrected chi connectivity index (χ4v) is 5.87. The van der Waals surface area contributed by atoms with E-state index in [1.807, 2.05) is 0 Å². The maximum atomic E-state index is 14.3. The number of halogens is 6. The molecule has 1 saturated carbocycles. The van der Waals surface area contributed by atoms with Crippen LogP contribution in [0.2, 0.25) is 5.02 Å². The molecule has 0 saturated heterocycles. The van der Waals surface area contributed by atoms with Crippen molar-refractivity contribution in [1.29, 1.82) is 0 Å². The molecule has 4 rings (SSSR count). The minimum Gasteiger partial charge on any atom is -0.478 e. The van der Waals surface area contributed by atoms with E-state index in [2.05, 4.69) is 15.3 Å². The van der Waals surface area contributed by atoms with Crippen LogP contribution in [0, 0.1) is 17.6 Å². The Labute approximate surface area is 223 Å². The van der Waals surface area contributed by atoms with Gasteiger partial charge in [-0.2, -0.15) is 13.2 Å². The summed E-state index contributed by atoms with van der Waals surface area (Å²) in [4.78, 5) is 22.4. The molecule has 7 nitrogen and oxygen atoms in total. The van der Waals surface area contributed by atoms with E-state index in [9.17, 15) is 37.0 Å². The summed E-state index contributed by atoms with van der Waals surface area (Å²) < 4.78 is 67.3. The first kappa shape index (κ1) is 28.4. The SMILES string of the molecule is O=C(O)C1=C(C2CCC(N(CCO)CC(F)(F)F)CC2)NC(c2nccs2)=NC1c1ccc(F)c(F)c1Cl. The lowest BCUT2D eigenvalue weighted by Crippen LogP contribution is -2.46. The van der Waals surface area contributed by atoms with E-state index >= 15 is 0 Å². The minimum absolute atomic E-state index is 0.0380. The Morgan fingerprint density at radius 3 is 2.50 bits per heavy atom. The number of aliphatic imine (C=N–C) groups is 1. The van der Waals surface area contributed by atoms with Gasteiger partial charge in [-0.3, -0.25) is 9.89 Å². The van der Waals surface area contributed by atoms with Gasteiger partial charge < -0.3 is 15.5 Å². The lowest BCUT2D eigenvalue weighted by Gasteiger charge is -2.39. The highest BCUT2D eigenvalue weighted by Crippen LogP contribution is 2.42. The number of carboxylic acid groups (broad SMARTS) is 1. The monoisotopic (exact) mass is 578 g/mol. The highest BCUT2D eigenvalue weighted by molar-refractivity contribution is 7.11. The van der Waals surface area contributed by atoms with Crippen LogP contribution in [0.15, 0.2) is 40.0 Å². The molecule has 0 bridgehead atoms. The van der Waals surface area contributed by atoms with Gasteiger partial charge >= 0.3 is 12.1 Å². The molecule has 0 amide bonds. The summed E-state index contributed by atoms with van der Waals surface area (Å²) in [7, 11) is 0. The molecule has 1 atom stereocenters. The van der Waals surface area contributed by atoms with Gasteiger partial charge in [-0.1, -0.05) is 17.7 Å². The molecule has 0 spiro atoms. The zero-order valence-electron chi connectivity index (χ0n) is 19.8. The molecule has 2 aliphatic rings. The van der Waals surface area contributed by atoms with Gasteiger partial charge in [-0.15, -0.1) is 11.3 Å². The van der Waals surface area contributed by atoms with E-state index in [1.165, 1.54) is 28.5 Å². The lowest BCUT2D eigenvalue weighted by molar-refractivity contribution is -0.153. The number of aliphatic carboxylic acids is 1. The zero-order valence-corrected chi connectivity index (χ0v) is 21.4. The van der Waals surface area contributed by atoms with E-state index in [1.54, 1.807) is 5.38 Å². The minimum atomic E-state index is -4.42. The lowest BCUT2D eigenvalue weighted by atomic mass is 9.80. The summed E-state index contributed by atoms with van der Waals surface area (Å²) in [5, 5.41) is 24.0. The highest BCUT2D eigenvalue weighted by atomic mass is 35.5. The van der Waals surface area contributed by atoms with E-state index < -0.39 is 60.0 Å². The maximum absolute atomic E-state index is 14.3.